The highest BCUT2D eigenvalue weighted by Crippen LogP contribution is 2.43. The zero-order chi connectivity index (χ0) is 24.0. The van der Waals surface area contributed by atoms with E-state index in [9.17, 15) is 14.7 Å². The SMILES string of the molecule is CC1CCC(CC(=O)c2ccc(-c3c4cc(Cl)c(=O)cc-4oc4cc(O)c(Cl)cc34)cc2)CC1. The fourth-order valence-corrected chi connectivity index (χ4v) is 5.27. The van der Waals surface area contributed by atoms with Gasteiger partial charge in [-0.1, -0.05) is 67.2 Å². The van der Waals surface area contributed by atoms with Crippen LogP contribution >= 0.6 is 23.2 Å². The second-order valence-electron chi connectivity index (χ2n) is 9.39. The minimum Gasteiger partial charge on any atom is -0.506 e. The van der Waals surface area contributed by atoms with Crippen LogP contribution < -0.4 is 5.43 Å². The summed E-state index contributed by atoms with van der Waals surface area (Å²) < 4.78 is 5.90. The lowest BCUT2D eigenvalue weighted by Gasteiger charge is -2.25. The van der Waals surface area contributed by atoms with Crippen LogP contribution in [0.25, 0.3) is 33.4 Å². The van der Waals surface area contributed by atoms with E-state index in [2.05, 4.69) is 6.92 Å². The number of rotatable bonds is 4. The van der Waals surface area contributed by atoms with Crippen LogP contribution in [-0.4, -0.2) is 10.9 Å². The highest BCUT2D eigenvalue weighted by molar-refractivity contribution is 6.33. The number of Topliss-reactive ketones (excluding diaryl/α,β-unsaturated/α-hetero) is 1. The van der Waals surface area contributed by atoms with Gasteiger partial charge in [-0.3, -0.25) is 9.59 Å². The fourth-order valence-electron chi connectivity index (χ4n) is 4.95. The lowest BCUT2D eigenvalue weighted by Crippen LogP contribution is -2.16. The Morgan fingerprint density at radius 3 is 2.41 bits per heavy atom. The van der Waals surface area contributed by atoms with E-state index in [0.717, 1.165) is 29.9 Å². The van der Waals surface area contributed by atoms with E-state index in [0.29, 0.717) is 40.2 Å². The van der Waals surface area contributed by atoms with Gasteiger partial charge in [0, 0.05) is 40.6 Å². The molecule has 34 heavy (non-hydrogen) atoms. The average molecular weight is 495 g/mol. The summed E-state index contributed by atoms with van der Waals surface area (Å²) in [4.78, 5) is 25.1. The van der Waals surface area contributed by atoms with E-state index in [-0.39, 0.29) is 27.0 Å². The Kier molecular flexibility index (Phi) is 6.13. The van der Waals surface area contributed by atoms with E-state index in [1.165, 1.54) is 25.0 Å². The van der Waals surface area contributed by atoms with Crippen LogP contribution in [0.2, 0.25) is 10.0 Å². The van der Waals surface area contributed by atoms with Gasteiger partial charge < -0.3 is 9.52 Å². The Morgan fingerprint density at radius 2 is 1.71 bits per heavy atom. The van der Waals surface area contributed by atoms with E-state index >= 15 is 0 Å². The van der Waals surface area contributed by atoms with Crippen molar-refractivity contribution in [2.75, 3.05) is 0 Å². The molecule has 0 aromatic heterocycles. The van der Waals surface area contributed by atoms with Gasteiger partial charge in [-0.25, -0.2) is 0 Å². The van der Waals surface area contributed by atoms with Crippen LogP contribution in [0, 0.1) is 11.8 Å². The Bertz CT molecular complexity index is 1410. The van der Waals surface area contributed by atoms with Crippen molar-refractivity contribution in [3.8, 4) is 28.2 Å². The van der Waals surface area contributed by atoms with Gasteiger partial charge in [-0.05, 0) is 42.4 Å². The van der Waals surface area contributed by atoms with Crippen molar-refractivity contribution in [1.82, 2.24) is 0 Å². The molecular weight excluding hydrogens is 471 g/mol. The number of carbonyl (C=O) groups excluding carboxylic acids is 1. The van der Waals surface area contributed by atoms with E-state index in [1.807, 2.05) is 24.3 Å². The molecule has 2 aromatic carbocycles. The predicted molar refractivity (Wildman–Crippen MR) is 136 cm³/mol. The van der Waals surface area contributed by atoms with E-state index in [4.69, 9.17) is 27.6 Å². The maximum atomic E-state index is 12.9. The van der Waals surface area contributed by atoms with Crippen molar-refractivity contribution >= 4 is 40.0 Å². The van der Waals surface area contributed by atoms with Gasteiger partial charge in [-0.15, -0.1) is 0 Å². The highest BCUT2D eigenvalue weighted by Gasteiger charge is 2.23. The minimum absolute atomic E-state index is 0.0850. The molecule has 1 aliphatic heterocycles. The molecule has 3 aliphatic rings. The van der Waals surface area contributed by atoms with Crippen LogP contribution in [-0.2, 0) is 0 Å². The number of phenols is 1. The first-order valence-electron chi connectivity index (χ1n) is 11.5. The number of aromatic hydroxyl groups is 1. The summed E-state index contributed by atoms with van der Waals surface area (Å²) in [6, 6.07) is 13.5. The van der Waals surface area contributed by atoms with Gasteiger partial charge in [0.05, 0.1) is 10.0 Å². The van der Waals surface area contributed by atoms with E-state index in [1.54, 1.807) is 12.1 Å². The number of halogens is 2. The lowest BCUT2D eigenvalue weighted by atomic mass is 9.80. The molecule has 1 saturated carbocycles. The molecular formula is C28H24Cl2O4. The number of hydrogen-bond donors (Lipinski definition) is 1. The van der Waals surface area contributed by atoms with Crippen LogP contribution in [0.15, 0.2) is 57.7 Å². The molecule has 0 radical (unpaired) electrons. The Labute approximate surface area is 207 Å². The number of phenolic OH excluding ortho intramolecular Hbond substituents is 1. The normalized spacial score (nSPS) is 18.4. The van der Waals surface area contributed by atoms with Crippen molar-refractivity contribution in [3.05, 3.63) is 74.4 Å². The van der Waals surface area contributed by atoms with Crippen molar-refractivity contribution < 1.29 is 14.3 Å². The van der Waals surface area contributed by atoms with Gasteiger partial charge in [0.2, 0.25) is 5.43 Å². The molecule has 6 heteroatoms. The molecule has 1 N–H and O–H groups in total. The Hall–Kier alpha value is -2.82. The predicted octanol–water partition coefficient (Wildman–Crippen LogP) is 7.98. The molecule has 1 heterocycles. The third kappa shape index (κ3) is 4.33. The summed E-state index contributed by atoms with van der Waals surface area (Å²) in [5.41, 5.74) is 2.96. The molecule has 0 atom stereocenters. The first kappa shape index (κ1) is 22.9. The first-order valence-corrected chi connectivity index (χ1v) is 12.3. The lowest BCUT2D eigenvalue weighted by molar-refractivity contribution is 0.0944. The first-order chi connectivity index (χ1) is 16.3. The summed E-state index contributed by atoms with van der Waals surface area (Å²) in [5, 5.41) is 11.0. The van der Waals surface area contributed by atoms with Crippen molar-refractivity contribution in [2.24, 2.45) is 11.8 Å². The summed E-state index contributed by atoms with van der Waals surface area (Å²) in [5.74, 6) is 1.62. The zero-order valence-corrected chi connectivity index (χ0v) is 20.2. The molecule has 0 bridgehead atoms. The number of hydrogen-bond acceptors (Lipinski definition) is 4. The van der Waals surface area contributed by atoms with Crippen LogP contribution in [0.4, 0.5) is 0 Å². The molecule has 0 amide bonds. The van der Waals surface area contributed by atoms with Gasteiger partial charge in [-0.2, -0.15) is 0 Å². The zero-order valence-electron chi connectivity index (χ0n) is 18.7. The molecule has 5 rings (SSSR count). The number of carbonyl (C=O) groups is 1. The number of ketones is 1. The third-order valence-electron chi connectivity index (χ3n) is 6.95. The molecule has 2 aromatic rings. The van der Waals surface area contributed by atoms with Crippen molar-refractivity contribution in [1.29, 1.82) is 0 Å². The summed E-state index contributed by atoms with van der Waals surface area (Å²) >= 11 is 12.4. The average Bonchev–Trinajstić information content (AvgIpc) is 2.81. The summed E-state index contributed by atoms with van der Waals surface area (Å²) in [6.45, 7) is 2.28. The van der Waals surface area contributed by atoms with E-state index < -0.39 is 0 Å². The maximum Gasteiger partial charge on any atom is 0.200 e. The molecule has 0 saturated heterocycles. The third-order valence-corrected chi connectivity index (χ3v) is 7.54. The van der Waals surface area contributed by atoms with Crippen LogP contribution in [0.1, 0.15) is 49.4 Å². The molecule has 4 nitrogen and oxygen atoms in total. The summed E-state index contributed by atoms with van der Waals surface area (Å²) in [6.07, 6.45) is 5.21. The Balaban J connectivity index is 1.56. The molecule has 0 spiro atoms. The standard InChI is InChI=1S/C28H24Cl2O4/c1-15-2-4-16(5-3-15)10-23(31)17-6-8-18(9-7-17)28-19-11-21(29)24(32)13-26(19)34-27-14-25(33)22(30)12-20(27)28/h6-9,11-16,32H,2-5,10H2,1H3. The van der Waals surface area contributed by atoms with Crippen LogP contribution in [0.5, 0.6) is 5.75 Å². The quantitative estimate of drug-likeness (QED) is 0.230. The Morgan fingerprint density at radius 1 is 1.00 bits per heavy atom. The van der Waals surface area contributed by atoms with Gasteiger partial charge in [0.1, 0.15) is 17.1 Å². The smallest absolute Gasteiger partial charge is 0.200 e. The molecule has 1 fully saturated rings. The number of fused-ring (bicyclic) bond motifs is 2. The number of benzene rings is 3. The monoisotopic (exact) mass is 494 g/mol. The van der Waals surface area contributed by atoms with Gasteiger partial charge >= 0.3 is 0 Å². The van der Waals surface area contributed by atoms with Gasteiger partial charge in [0.15, 0.2) is 5.78 Å². The van der Waals surface area contributed by atoms with Crippen LogP contribution in [0.3, 0.4) is 0 Å². The van der Waals surface area contributed by atoms with Crippen molar-refractivity contribution in [3.63, 3.8) is 0 Å². The largest absolute Gasteiger partial charge is 0.506 e. The second-order valence-corrected chi connectivity index (χ2v) is 10.2. The fraction of sp³-hybridized carbons (Fsp3) is 0.286. The summed E-state index contributed by atoms with van der Waals surface area (Å²) in [7, 11) is 0. The molecule has 174 valence electrons. The van der Waals surface area contributed by atoms with Gasteiger partial charge in [0.25, 0.3) is 0 Å². The molecule has 2 aliphatic carbocycles. The maximum absolute atomic E-state index is 12.9. The minimum atomic E-state index is -0.348. The second kappa shape index (κ2) is 9.09. The topological polar surface area (TPSA) is 67.5 Å². The highest BCUT2D eigenvalue weighted by atomic mass is 35.5. The molecule has 0 unspecified atom stereocenters. The van der Waals surface area contributed by atoms with Crippen molar-refractivity contribution in [2.45, 2.75) is 39.0 Å².